The summed E-state index contributed by atoms with van der Waals surface area (Å²) in [6, 6.07) is 5.82. The third kappa shape index (κ3) is 3.42. The molecule has 1 spiro atoms. The number of halogens is 1. The molecule has 3 heterocycles. The van der Waals surface area contributed by atoms with Gasteiger partial charge in [-0.05, 0) is 66.5 Å². The van der Waals surface area contributed by atoms with Gasteiger partial charge in [-0.25, -0.2) is 0 Å². The van der Waals surface area contributed by atoms with Crippen molar-refractivity contribution in [1.82, 2.24) is 15.2 Å². The van der Waals surface area contributed by atoms with E-state index in [1.807, 2.05) is 35.5 Å². The number of nitrogens with one attached hydrogen (secondary N) is 1. The highest BCUT2D eigenvalue weighted by molar-refractivity contribution is 6.30. The second-order valence-electron chi connectivity index (χ2n) is 8.91. The summed E-state index contributed by atoms with van der Waals surface area (Å²) in [5, 5.41) is 3.34. The van der Waals surface area contributed by atoms with Crippen LogP contribution in [0, 0.1) is 0 Å². The van der Waals surface area contributed by atoms with Gasteiger partial charge in [0, 0.05) is 37.9 Å². The fourth-order valence-electron chi connectivity index (χ4n) is 5.56. The number of anilines is 1. The van der Waals surface area contributed by atoms with Crippen LogP contribution in [0.3, 0.4) is 0 Å². The summed E-state index contributed by atoms with van der Waals surface area (Å²) in [6.45, 7) is 2.08. The Labute approximate surface area is 187 Å². The molecule has 162 valence electrons. The van der Waals surface area contributed by atoms with E-state index in [-0.39, 0.29) is 18.4 Å². The van der Waals surface area contributed by atoms with Crippen molar-refractivity contribution in [2.45, 2.75) is 44.1 Å². The molecule has 2 amide bonds. The third-order valence-corrected chi connectivity index (χ3v) is 7.31. The Morgan fingerprint density at radius 2 is 2.06 bits per heavy atom. The second kappa shape index (κ2) is 7.92. The van der Waals surface area contributed by atoms with Crippen molar-refractivity contribution >= 4 is 29.1 Å². The van der Waals surface area contributed by atoms with Gasteiger partial charge in [0.1, 0.15) is 0 Å². The number of benzene rings is 1. The van der Waals surface area contributed by atoms with Crippen molar-refractivity contribution in [3.63, 3.8) is 0 Å². The first kappa shape index (κ1) is 20.5. The van der Waals surface area contributed by atoms with Crippen LogP contribution in [0.4, 0.5) is 5.69 Å². The van der Waals surface area contributed by atoms with Crippen LogP contribution in [-0.2, 0) is 34.4 Å². The minimum atomic E-state index is -0.691. The number of aryl methyl sites for hydroxylation is 1. The number of rotatable bonds is 3. The number of aromatic nitrogens is 1. The van der Waals surface area contributed by atoms with Gasteiger partial charge in [-0.3, -0.25) is 19.5 Å². The first-order valence-corrected chi connectivity index (χ1v) is 11.4. The van der Waals surface area contributed by atoms with E-state index in [4.69, 9.17) is 11.6 Å². The van der Waals surface area contributed by atoms with Crippen LogP contribution in [0.2, 0.25) is 5.02 Å². The molecule has 0 radical (unpaired) electrons. The topological polar surface area (TPSA) is 65.5 Å². The van der Waals surface area contributed by atoms with Crippen molar-refractivity contribution < 1.29 is 9.59 Å². The average molecular weight is 439 g/mol. The highest BCUT2D eigenvalue weighted by Crippen LogP contribution is 2.45. The highest BCUT2D eigenvalue weighted by atomic mass is 35.5. The summed E-state index contributed by atoms with van der Waals surface area (Å²) in [7, 11) is 1.64. The van der Waals surface area contributed by atoms with Crippen molar-refractivity contribution in [3.8, 4) is 0 Å². The monoisotopic (exact) mass is 438 g/mol. The Hall–Kier alpha value is -2.44. The minimum absolute atomic E-state index is 0.0452. The molecule has 0 saturated carbocycles. The molecule has 2 aromatic rings. The van der Waals surface area contributed by atoms with Crippen LogP contribution < -0.4 is 10.2 Å². The summed E-state index contributed by atoms with van der Waals surface area (Å²) in [4.78, 5) is 34.6. The zero-order valence-corrected chi connectivity index (χ0v) is 18.5. The first-order valence-electron chi connectivity index (χ1n) is 11.0. The maximum Gasteiger partial charge on any atom is 0.239 e. The molecule has 1 saturated heterocycles. The molecule has 5 rings (SSSR count). The molecule has 1 aromatic carbocycles. The van der Waals surface area contributed by atoms with Gasteiger partial charge >= 0.3 is 0 Å². The second-order valence-corrected chi connectivity index (χ2v) is 9.35. The van der Waals surface area contributed by atoms with Gasteiger partial charge in [-0.15, -0.1) is 0 Å². The number of amides is 2. The average Bonchev–Trinajstić information content (AvgIpc) is 3.10. The summed E-state index contributed by atoms with van der Waals surface area (Å²) in [5.41, 5.74) is 4.90. The minimum Gasteiger partial charge on any atom is -0.358 e. The molecule has 31 heavy (non-hydrogen) atoms. The number of hydrogen-bond donors (Lipinski definition) is 1. The van der Waals surface area contributed by atoms with E-state index in [0.717, 1.165) is 36.1 Å². The number of likely N-dealkylation sites (N-methyl/N-ethyl adjacent to an activating group) is 1. The van der Waals surface area contributed by atoms with Gasteiger partial charge < -0.3 is 10.2 Å². The molecule has 0 unspecified atom stereocenters. The lowest BCUT2D eigenvalue weighted by Gasteiger charge is -2.40. The quantitative estimate of drug-likeness (QED) is 0.800. The van der Waals surface area contributed by atoms with Crippen LogP contribution in [0.1, 0.15) is 41.5 Å². The summed E-state index contributed by atoms with van der Waals surface area (Å²) < 4.78 is 0. The molecule has 3 aliphatic rings. The zero-order chi connectivity index (χ0) is 21.6. The van der Waals surface area contributed by atoms with E-state index in [2.05, 4.69) is 15.2 Å². The van der Waals surface area contributed by atoms with Crippen molar-refractivity contribution in [3.05, 3.63) is 57.9 Å². The normalized spacial score (nSPS) is 23.0. The smallest absolute Gasteiger partial charge is 0.239 e. The molecule has 1 aliphatic carbocycles. The Kier molecular flexibility index (Phi) is 5.22. The largest absolute Gasteiger partial charge is 0.358 e. The van der Waals surface area contributed by atoms with E-state index >= 15 is 0 Å². The van der Waals surface area contributed by atoms with Gasteiger partial charge in [0.2, 0.25) is 11.8 Å². The molecular formula is C24H27ClN4O2. The molecule has 2 aliphatic heterocycles. The maximum atomic E-state index is 14.1. The molecule has 1 fully saturated rings. The number of hydrogen-bond acceptors (Lipinski definition) is 4. The van der Waals surface area contributed by atoms with Gasteiger partial charge in [0.05, 0.1) is 23.8 Å². The summed E-state index contributed by atoms with van der Waals surface area (Å²) in [5.74, 6) is 0.0505. The fraction of sp³-hybridized carbons (Fsp3) is 0.458. The molecular weight excluding hydrogens is 412 g/mol. The Balaban J connectivity index is 1.55. The Bertz CT molecular complexity index is 1060. The third-order valence-electron chi connectivity index (χ3n) is 7.08. The van der Waals surface area contributed by atoms with Gasteiger partial charge in [0.25, 0.3) is 0 Å². The van der Waals surface area contributed by atoms with Crippen LogP contribution in [0.5, 0.6) is 0 Å². The highest BCUT2D eigenvalue weighted by Gasteiger charge is 2.52. The number of nitrogens with zero attached hydrogens (tertiary/aromatic N) is 3. The zero-order valence-electron chi connectivity index (χ0n) is 17.8. The predicted octanol–water partition coefficient (Wildman–Crippen LogP) is 2.85. The number of carbonyl (C=O) groups is 2. The molecule has 1 N–H and O–H groups in total. The lowest BCUT2D eigenvalue weighted by Crippen LogP contribution is -2.52. The SMILES string of the molecule is CNC(=O)CN1Cc2ccc(Cl)cc2[C@@]2(CCN(c3cncc4c3CCCC4)C2=O)C1. The maximum absolute atomic E-state index is 14.1. The number of carbonyl (C=O) groups excluding carboxylic acids is 2. The lowest BCUT2D eigenvalue weighted by molar-refractivity contribution is -0.126. The van der Waals surface area contributed by atoms with Gasteiger partial charge in [-0.1, -0.05) is 17.7 Å². The van der Waals surface area contributed by atoms with Crippen LogP contribution in [0.25, 0.3) is 0 Å². The van der Waals surface area contributed by atoms with Crippen LogP contribution >= 0.6 is 11.6 Å². The molecule has 1 aromatic heterocycles. The first-order chi connectivity index (χ1) is 15.0. The number of pyridine rings is 1. The van der Waals surface area contributed by atoms with E-state index in [1.165, 1.54) is 17.5 Å². The van der Waals surface area contributed by atoms with Crippen molar-refractivity contribution in [1.29, 1.82) is 0 Å². The van der Waals surface area contributed by atoms with Crippen LogP contribution in [-0.4, -0.2) is 48.4 Å². The standard InChI is InChI=1S/C24H27ClN4O2/c1-26-22(30)14-28-13-17-6-7-18(25)10-20(17)24(15-28)8-9-29(23(24)31)21-12-27-11-16-4-2-3-5-19(16)21/h6-7,10-12H,2-5,8-9,13-15H2,1H3,(H,26,30)/t24-/m1/s1. The molecule has 1 atom stereocenters. The van der Waals surface area contributed by atoms with Crippen LogP contribution in [0.15, 0.2) is 30.6 Å². The van der Waals surface area contributed by atoms with Gasteiger partial charge in [-0.2, -0.15) is 0 Å². The number of fused-ring (bicyclic) bond motifs is 3. The summed E-state index contributed by atoms with van der Waals surface area (Å²) in [6.07, 6.45) is 8.86. The molecule has 0 bridgehead atoms. The van der Waals surface area contributed by atoms with E-state index in [0.29, 0.717) is 31.1 Å². The summed E-state index contributed by atoms with van der Waals surface area (Å²) >= 11 is 6.36. The Morgan fingerprint density at radius 3 is 2.90 bits per heavy atom. The molecule has 6 nitrogen and oxygen atoms in total. The van der Waals surface area contributed by atoms with Crippen molar-refractivity contribution in [2.24, 2.45) is 0 Å². The fourth-order valence-corrected chi connectivity index (χ4v) is 5.73. The van der Waals surface area contributed by atoms with E-state index in [1.54, 1.807) is 7.05 Å². The predicted molar refractivity (Wildman–Crippen MR) is 120 cm³/mol. The van der Waals surface area contributed by atoms with Crippen molar-refractivity contribution in [2.75, 3.05) is 31.6 Å². The lowest BCUT2D eigenvalue weighted by atomic mass is 9.73. The van der Waals surface area contributed by atoms with Gasteiger partial charge in [0.15, 0.2) is 0 Å². The Morgan fingerprint density at radius 1 is 1.23 bits per heavy atom. The van der Waals surface area contributed by atoms with E-state index < -0.39 is 5.41 Å². The van der Waals surface area contributed by atoms with E-state index in [9.17, 15) is 9.59 Å². The molecule has 7 heteroatoms.